The number of hydrogen-bond acceptors (Lipinski definition) is 4. The van der Waals surface area contributed by atoms with E-state index in [1.165, 1.54) is 6.26 Å². The molecule has 0 aromatic carbocycles. The molecular formula is C12H26N2O3S. The Morgan fingerprint density at radius 3 is 2.83 bits per heavy atom. The molecule has 5 nitrogen and oxygen atoms in total. The Hall–Kier alpha value is -0.170. The fourth-order valence-corrected chi connectivity index (χ4v) is 3.33. The zero-order chi connectivity index (χ0) is 13.6. The van der Waals surface area contributed by atoms with E-state index in [0.717, 1.165) is 32.2 Å². The van der Waals surface area contributed by atoms with Crippen molar-refractivity contribution in [2.45, 2.75) is 38.7 Å². The molecule has 2 atom stereocenters. The summed E-state index contributed by atoms with van der Waals surface area (Å²) in [5.41, 5.74) is 0. The summed E-state index contributed by atoms with van der Waals surface area (Å²) in [6, 6.07) is 0. The molecule has 0 saturated carbocycles. The highest BCUT2D eigenvalue weighted by atomic mass is 32.2. The van der Waals surface area contributed by atoms with Gasteiger partial charge in [-0.05, 0) is 31.7 Å². The molecule has 0 aromatic rings. The van der Waals surface area contributed by atoms with Gasteiger partial charge in [-0.15, -0.1) is 0 Å². The number of piperidine rings is 1. The van der Waals surface area contributed by atoms with Crippen LogP contribution in [-0.2, 0) is 10.0 Å². The van der Waals surface area contributed by atoms with Gasteiger partial charge in [-0.1, -0.05) is 13.3 Å². The molecule has 18 heavy (non-hydrogen) atoms. The van der Waals surface area contributed by atoms with E-state index in [-0.39, 0.29) is 6.10 Å². The third-order valence-corrected chi connectivity index (χ3v) is 4.66. The number of aliphatic hydroxyl groups excluding tert-OH is 1. The van der Waals surface area contributed by atoms with Crippen LogP contribution in [0.25, 0.3) is 0 Å². The Labute approximate surface area is 111 Å². The molecule has 0 aromatic heterocycles. The minimum absolute atomic E-state index is 0.287. The van der Waals surface area contributed by atoms with Crippen LogP contribution in [0.3, 0.4) is 0 Å². The van der Waals surface area contributed by atoms with Gasteiger partial charge in [0.25, 0.3) is 0 Å². The van der Waals surface area contributed by atoms with Crippen LogP contribution in [0.2, 0.25) is 0 Å². The summed E-state index contributed by atoms with van der Waals surface area (Å²) in [4.78, 5) is 0. The van der Waals surface area contributed by atoms with E-state index in [4.69, 9.17) is 0 Å². The average molecular weight is 278 g/mol. The van der Waals surface area contributed by atoms with E-state index in [2.05, 4.69) is 5.32 Å². The minimum Gasteiger partial charge on any atom is -0.392 e. The molecule has 1 fully saturated rings. The number of nitrogens with one attached hydrogen (secondary N) is 1. The highest BCUT2D eigenvalue weighted by molar-refractivity contribution is 7.88. The number of hydrogen-bond donors (Lipinski definition) is 2. The van der Waals surface area contributed by atoms with E-state index in [9.17, 15) is 13.5 Å². The molecule has 0 aliphatic carbocycles. The topological polar surface area (TPSA) is 69.6 Å². The molecule has 0 amide bonds. The lowest BCUT2D eigenvalue weighted by Crippen LogP contribution is -2.43. The predicted octanol–water partition coefficient (Wildman–Crippen LogP) is 0.409. The predicted molar refractivity (Wildman–Crippen MR) is 72.9 cm³/mol. The largest absolute Gasteiger partial charge is 0.392 e. The van der Waals surface area contributed by atoms with Crippen molar-refractivity contribution in [3.8, 4) is 0 Å². The van der Waals surface area contributed by atoms with Crippen molar-refractivity contribution in [1.29, 1.82) is 0 Å². The summed E-state index contributed by atoms with van der Waals surface area (Å²) in [7, 11) is -3.05. The van der Waals surface area contributed by atoms with Gasteiger partial charge in [-0.2, -0.15) is 0 Å². The monoisotopic (exact) mass is 278 g/mol. The van der Waals surface area contributed by atoms with Crippen molar-refractivity contribution in [3.63, 3.8) is 0 Å². The lowest BCUT2D eigenvalue weighted by atomic mass is 9.99. The van der Waals surface area contributed by atoms with Crippen LogP contribution in [0, 0.1) is 5.92 Å². The summed E-state index contributed by atoms with van der Waals surface area (Å²) in [5, 5.41) is 12.8. The third kappa shape index (κ3) is 5.65. The highest BCUT2D eigenvalue weighted by Gasteiger charge is 2.25. The first kappa shape index (κ1) is 15.9. The smallest absolute Gasteiger partial charge is 0.211 e. The summed E-state index contributed by atoms with van der Waals surface area (Å²) in [6.07, 6.45) is 4.76. The fraction of sp³-hybridized carbons (Fsp3) is 1.00. The van der Waals surface area contributed by atoms with Crippen molar-refractivity contribution in [2.24, 2.45) is 5.92 Å². The van der Waals surface area contributed by atoms with Gasteiger partial charge in [-0.3, -0.25) is 0 Å². The van der Waals surface area contributed by atoms with E-state index in [1.54, 1.807) is 4.31 Å². The van der Waals surface area contributed by atoms with Gasteiger partial charge in [-0.25, -0.2) is 12.7 Å². The molecule has 1 rings (SSSR count). The van der Waals surface area contributed by atoms with Crippen LogP contribution in [0.15, 0.2) is 0 Å². The molecule has 108 valence electrons. The van der Waals surface area contributed by atoms with Crippen LogP contribution >= 0.6 is 0 Å². The summed E-state index contributed by atoms with van der Waals surface area (Å²) in [6.45, 7) is 4.69. The third-order valence-electron chi connectivity index (χ3n) is 3.39. The van der Waals surface area contributed by atoms with Crippen molar-refractivity contribution in [1.82, 2.24) is 9.62 Å². The Morgan fingerprint density at radius 2 is 2.22 bits per heavy atom. The highest BCUT2D eigenvalue weighted by Crippen LogP contribution is 2.17. The summed E-state index contributed by atoms with van der Waals surface area (Å²) >= 11 is 0. The number of sulfonamides is 1. The Morgan fingerprint density at radius 1 is 1.50 bits per heavy atom. The second-order valence-corrected chi connectivity index (χ2v) is 7.21. The Balaban J connectivity index is 2.26. The molecule has 0 spiro atoms. The van der Waals surface area contributed by atoms with Gasteiger partial charge in [0.1, 0.15) is 0 Å². The van der Waals surface area contributed by atoms with E-state index in [1.807, 2.05) is 6.92 Å². The van der Waals surface area contributed by atoms with Crippen molar-refractivity contribution in [2.75, 3.05) is 32.4 Å². The van der Waals surface area contributed by atoms with Crippen LogP contribution in [0.4, 0.5) is 0 Å². The standard InChI is InChI=1S/C12H26N2O3S/c1-3-5-12(15)9-13-8-11-6-4-7-14(10-11)18(2,16)17/h11-13,15H,3-10H2,1-2H3. The molecule has 0 radical (unpaired) electrons. The SMILES string of the molecule is CCCC(O)CNCC1CCCN(S(C)(=O)=O)C1. The van der Waals surface area contributed by atoms with Gasteiger partial charge >= 0.3 is 0 Å². The van der Waals surface area contributed by atoms with E-state index < -0.39 is 10.0 Å². The van der Waals surface area contributed by atoms with Gasteiger partial charge < -0.3 is 10.4 Å². The molecular weight excluding hydrogens is 252 g/mol. The van der Waals surface area contributed by atoms with Crippen LogP contribution in [0.1, 0.15) is 32.6 Å². The molecule has 1 saturated heterocycles. The summed E-state index contributed by atoms with van der Waals surface area (Å²) < 4.78 is 24.5. The first-order chi connectivity index (χ1) is 8.43. The zero-order valence-corrected chi connectivity index (χ0v) is 12.2. The van der Waals surface area contributed by atoms with Gasteiger partial charge in [0.2, 0.25) is 10.0 Å². The maximum absolute atomic E-state index is 11.5. The Kier molecular flexibility index (Phi) is 6.55. The lowest BCUT2D eigenvalue weighted by molar-refractivity contribution is 0.156. The average Bonchev–Trinajstić information content (AvgIpc) is 2.29. The van der Waals surface area contributed by atoms with Crippen LogP contribution in [-0.4, -0.2) is 56.4 Å². The molecule has 1 heterocycles. The number of nitrogens with zero attached hydrogens (tertiary/aromatic N) is 1. The van der Waals surface area contributed by atoms with E-state index in [0.29, 0.717) is 25.6 Å². The fourth-order valence-electron chi connectivity index (χ4n) is 2.38. The Bertz CT molecular complexity index is 332. The van der Waals surface area contributed by atoms with Gasteiger partial charge in [0.15, 0.2) is 0 Å². The molecule has 2 unspecified atom stereocenters. The van der Waals surface area contributed by atoms with Gasteiger partial charge in [0, 0.05) is 19.6 Å². The number of rotatable bonds is 7. The minimum atomic E-state index is -3.05. The van der Waals surface area contributed by atoms with Crippen LogP contribution < -0.4 is 5.32 Å². The van der Waals surface area contributed by atoms with Crippen LogP contribution in [0.5, 0.6) is 0 Å². The van der Waals surface area contributed by atoms with E-state index >= 15 is 0 Å². The van der Waals surface area contributed by atoms with Crippen molar-refractivity contribution < 1.29 is 13.5 Å². The molecule has 2 N–H and O–H groups in total. The van der Waals surface area contributed by atoms with Crippen molar-refractivity contribution in [3.05, 3.63) is 0 Å². The first-order valence-corrected chi connectivity index (χ1v) is 8.62. The molecule has 1 aliphatic rings. The summed E-state index contributed by atoms with van der Waals surface area (Å²) in [5.74, 6) is 0.363. The van der Waals surface area contributed by atoms with Crippen molar-refractivity contribution >= 4 is 10.0 Å². The second-order valence-electron chi connectivity index (χ2n) is 5.23. The maximum Gasteiger partial charge on any atom is 0.211 e. The first-order valence-electron chi connectivity index (χ1n) is 6.77. The molecule has 1 aliphatic heterocycles. The molecule has 6 heteroatoms. The quantitative estimate of drug-likeness (QED) is 0.707. The second kappa shape index (κ2) is 7.43. The lowest BCUT2D eigenvalue weighted by Gasteiger charge is -2.31. The zero-order valence-electron chi connectivity index (χ0n) is 11.4. The normalized spacial score (nSPS) is 24.1. The maximum atomic E-state index is 11.5. The number of aliphatic hydroxyl groups is 1. The van der Waals surface area contributed by atoms with Gasteiger partial charge in [0.05, 0.1) is 12.4 Å². The molecule has 0 bridgehead atoms.